The lowest BCUT2D eigenvalue weighted by atomic mass is 10.4. The van der Waals surface area contributed by atoms with E-state index in [-0.39, 0.29) is 0 Å². The second-order valence-electron chi connectivity index (χ2n) is 1.74. The van der Waals surface area contributed by atoms with E-state index in [1.54, 1.807) is 11.3 Å². The smallest absolute Gasteiger partial charge is 0.0768 e. The predicted molar refractivity (Wildman–Crippen MR) is 36.2 cm³/mol. The molecule has 0 spiro atoms. The van der Waals surface area contributed by atoms with Gasteiger partial charge < -0.3 is 0 Å². The molecule has 2 rings (SSSR count). The van der Waals surface area contributed by atoms with E-state index in [4.69, 9.17) is 0 Å². The molecule has 0 bridgehead atoms. The number of hydrogen-bond donors (Lipinski definition) is 0. The van der Waals surface area contributed by atoms with Gasteiger partial charge >= 0.3 is 0 Å². The summed E-state index contributed by atoms with van der Waals surface area (Å²) >= 11 is 1.79. The minimum atomic E-state index is 1.05. The Bertz CT molecular complexity index is 224. The third-order valence-corrected chi connectivity index (χ3v) is 2.16. The van der Waals surface area contributed by atoms with E-state index in [1.807, 2.05) is 6.21 Å². The van der Waals surface area contributed by atoms with Crippen LogP contribution in [0.5, 0.6) is 0 Å². The van der Waals surface area contributed by atoms with Gasteiger partial charge in [0.25, 0.3) is 0 Å². The van der Waals surface area contributed by atoms with Gasteiger partial charge in [-0.25, -0.2) is 0 Å². The summed E-state index contributed by atoms with van der Waals surface area (Å²) in [4.78, 5) is 5.55. The first-order chi connectivity index (χ1) is 3.97. The third-order valence-electron chi connectivity index (χ3n) is 1.23. The van der Waals surface area contributed by atoms with Crippen molar-refractivity contribution in [2.45, 2.75) is 6.42 Å². The molecule has 0 atom stereocenters. The first-order valence-electron chi connectivity index (χ1n) is 2.56. The van der Waals surface area contributed by atoms with Crippen molar-refractivity contribution >= 4 is 23.2 Å². The van der Waals surface area contributed by atoms with Crippen LogP contribution in [-0.2, 0) is 6.42 Å². The molecule has 0 aromatic carbocycles. The number of nitrogens with zero attached hydrogens (tertiary/aromatic N) is 1. The second kappa shape index (κ2) is 1.42. The lowest BCUT2D eigenvalue weighted by molar-refractivity contribution is 1.54. The second-order valence-corrected chi connectivity index (χ2v) is 2.75. The molecule has 1 aliphatic heterocycles. The monoisotopic (exact) mass is 123 g/mol. The molecule has 1 aromatic rings. The van der Waals surface area contributed by atoms with E-state index in [0.29, 0.717) is 0 Å². The van der Waals surface area contributed by atoms with E-state index in [0.717, 1.165) is 6.42 Å². The maximum atomic E-state index is 4.14. The van der Waals surface area contributed by atoms with Crippen LogP contribution in [0.3, 0.4) is 0 Å². The van der Waals surface area contributed by atoms with Crippen molar-refractivity contribution in [2.24, 2.45) is 4.99 Å². The summed E-state index contributed by atoms with van der Waals surface area (Å²) in [7, 11) is 0. The average Bonchev–Trinajstić information content (AvgIpc) is 2.15. The Morgan fingerprint density at radius 1 is 1.62 bits per heavy atom. The molecule has 0 saturated carbocycles. The van der Waals surface area contributed by atoms with E-state index in [2.05, 4.69) is 16.4 Å². The molecule has 0 fully saturated rings. The van der Waals surface area contributed by atoms with E-state index in [1.165, 1.54) is 10.6 Å². The highest BCUT2D eigenvalue weighted by Gasteiger charge is 2.04. The van der Waals surface area contributed by atoms with Gasteiger partial charge in [-0.2, -0.15) is 0 Å². The molecule has 1 aromatic heterocycles. The van der Waals surface area contributed by atoms with Gasteiger partial charge in [0.1, 0.15) is 0 Å². The van der Waals surface area contributed by atoms with Crippen molar-refractivity contribution in [1.29, 1.82) is 0 Å². The van der Waals surface area contributed by atoms with Gasteiger partial charge in [0, 0.05) is 17.5 Å². The van der Waals surface area contributed by atoms with Crippen LogP contribution in [-0.4, -0.2) is 6.21 Å². The topological polar surface area (TPSA) is 12.4 Å². The quantitative estimate of drug-likeness (QED) is 0.500. The number of rotatable bonds is 0. The molecule has 0 saturated heterocycles. The van der Waals surface area contributed by atoms with Crippen molar-refractivity contribution in [3.63, 3.8) is 0 Å². The van der Waals surface area contributed by atoms with Crippen molar-refractivity contribution in [2.75, 3.05) is 0 Å². The van der Waals surface area contributed by atoms with Gasteiger partial charge in [-0.15, -0.1) is 11.3 Å². The Labute approximate surface area is 51.7 Å². The zero-order chi connectivity index (χ0) is 5.40. The van der Waals surface area contributed by atoms with E-state index < -0.39 is 0 Å². The highest BCUT2D eigenvalue weighted by molar-refractivity contribution is 7.10. The molecule has 8 heavy (non-hydrogen) atoms. The number of thiophene rings is 1. The highest BCUT2D eigenvalue weighted by Crippen LogP contribution is 2.28. The maximum Gasteiger partial charge on any atom is 0.0768 e. The highest BCUT2D eigenvalue weighted by atomic mass is 32.1. The zero-order valence-corrected chi connectivity index (χ0v) is 5.11. The SMILES string of the molecule is C1=Nc2ccsc2C1. The van der Waals surface area contributed by atoms with Crippen LogP contribution in [0.15, 0.2) is 16.4 Å². The largest absolute Gasteiger partial charge is 0.260 e. The fourth-order valence-corrected chi connectivity index (χ4v) is 1.60. The van der Waals surface area contributed by atoms with E-state index in [9.17, 15) is 0 Å². The summed E-state index contributed by atoms with van der Waals surface area (Å²) in [6.07, 6.45) is 3.01. The van der Waals surface area contributed by atoms with Crippen LogP contribution in [0.25, 0.3) is 0 Å². The first-order valence-corrected chi connectivity index (χ1v) is 3.44. The average molecular weight is 123 g/mol. The number of hydrogen-bond acceptors (Lipinski definition) is 2. The van der Waals surface area contributed by atoms with Gasteiger partial charge in [0.05, 0.1) is 5.69 Å². The van der Waals surface area contributed by atoms with E-state index >= 15 is 0 Å². The number of aliphatic imine (C=N–C) groups is 1. The van der Waals surface area contributed by atoms with Crippen LogP contribution < -0.4 is 0 Å². The Morgan fingerprint density at radius 2 is 2.62 bits per heavy atom. The summed E-state index contributed by atoms with van der Waals surface area (Å²) in [5.41, 5.74) is 1.18. The zero-order valence-electron chi connectivity index (χ0n) is 4.29. The molecular weight excluding hydrogens is 118 g/mol. The molecule has 0 unspecified atom stereocenters. The Morgan fingerprint density at radius 3 is 3.50 bits per heavy atom. The van der Waals surface area contributed by atoms with Crippen LogP contribution in [0.4, 0.5) is 5.69 Å². The molecule has 0 radical (unpaired) electrons. The number of fused-ring (bicyclic) bond motifs is 1. The third kappa shape index (κ3) is 0.434. The summed E-state index contributed by atoms with van der Waals surface area (Å²) in [6, 6.07) is 2.06. The van der Waals surface area contributed by atoms with Crippen LogP contribution in [0, 0.1) is 0 Å². The molecule has 2 heteroatoms. The molecule has 1 aliphatic rings. The Hall–Kier alpha value is -0.630. The van der Waals surface area contributed by atoms with Gasteiger partial charge in [-0.05, 0) is 11.4 Å². The molecule has 0 aliphatic carbocycles. The van der Waals surface area contributed by atoms with Gasteiger partial charge in [-0.3, -0.25) is 4.99 Å². The van der Waals surface area contributed by atoms with Gasteiger partial charge in [0.2, 0.25) is 0 Å². The van der Waals surface area contributed by atoms with Crippen molar-refractivity contribution in [3.8, 4) is 0 Å². The minimum Gasteiger partial charge on any atom is -0.260 e. The lowest BCUT2D eigenvalue weighted by Gasteiger charge is -1.77. The van der Waals surface area contributed by atoms with Crippen molar-refractivity contribution in [1.82, 2.24) is 0 Å². The van der Waals surface area contributed by atoms with Crippen molar-refractivity contribution in [3.05, 3.63) is 16.3 Å². The summed E-state index contributed by atoms with van der Waals surface area (Å²) in [5, 5.41) is 2.08. The van der Waals surface area contributed by atoms with Gasteiger partial charge in [-0.1, -0.05) is 0 Å². The van der Waals surface area contributed by atoms with Crippen LogP contribution >= 0.6 is 11.3 Å². The molecule has 2 heterocycles. The summed E-state index contributed by atoms with van der Waals surface area (Å²) < 4.78 is 0. The minimum absolute atomic E-state index is 1.05. The maximum absolute atomic E-state index is 4.14. The van der Waals surface area contributed by atoms with Crippen molar-refractivity contribution < 1.29 is 0 Å². The summed E-state index contributed by atoms with van der Waals surface area (Å²) in [6.45, 7) is 0. The Kier molecular flexibility index (Phi) is 0.758. The first kappa shape index (κ1) is 4.27. The van der Waals surface area contributed by atoms with Crippen LogP contribution in [0.2, 0.25) is 0 Å². The van der Waals surface area contributed by atoms with Gasteiger partial charge in [0.15, 0.2) is 0 Å². The molecule has 1 nitrogen and oxygen atoms in total. The lowest BCUT2D eigenvalue weighted by Crippen LogP contribution is -1.67. The molecular formula is C6H5NS. The summed E-state index contributed by atoms with van der Waals surface area (Å²) in [5.74, 6) is 0. The molecule has 0 N–H and O–H groups in total. The predicted octanol–water partition coefficient (Wildman–Crippen LogP) is 2.01. The molecule has 40 valence electrons. The Balaban J connectivity index is 2.67. The standard InChI is InChI=1S/C6H5NS/c1-3-7-5-2-4-8-6(1)5/h2-4H,1H2. The molecule has 0 amide bonds. The fraction of sp³-hybridized carbons (Fsp3) is 0.167. The van der Waals surface area contributed by atoms with Crippen LogP contribution in [0.1, 0.15) is 4.88 Å². The normalized spacial score (nSPS) is 14.5. The fourth-order valence-electron chi connectivity index (χ4n) is 0.829.